The first-order valence-corrected chi connectivity index (χ1v) is 11.6. The molecule has 6 heteroatoms. The molecule has 1 aromatic heterocycles. The van der Waals surface area contributed by atoms with E-state index in [1.165, 1.54) is 10.4 Å². The Kier molecular flexibility index (Phi) is 5.71. The topological polar surface area (TPSA) is 43.7 Å². The standard InChI is InChI=1S/C21H21NO2S3/c23-17-8-10-22(11-9-17)13-16-12-15(6-7-18(16)24)19-20(26-27-21(19)25)14-4-2-1-3-5-14/h1-7,12,17,23-24H,8-11,13H2. The summed E-state index contributed by atoms with van der Waals surface area (Å²) in [5.74, 6) is 0.316. The van der Waals surface area contributed by atoms with Crippen molar-refractivity contribution in [2.45, 2.75) is 25.5 Å². The molecular formula is C21H21NO2S3. The van der Waals surface area contributed by atoms with Crippen LogP contribution in [0.1, 0.15) is 18.4 Å². The Morgan fingerprint density at radius 1 is 1.00 bits per heavy atom. The Balaban J connectivity index is 1.68. The predicted molar refractivity (Wildman–Crippen MR) is 116 cm³/mol. The zero-order chi connectivity index (χ0) is 18.8. The van der Waals surface area contributed by atoms with Gasteiger partial charge in [0.15, 0.2) is 0 Å². The maximum atomic E-state index is 10.4. The van der Waals surface area contributed by atoms with Crippen molar-refractivity contribution in [2.75, 3.05) is 13.1 Å². The quantitative estimate of drug-likeness (QED) is 0.434. The lowest BCUT2D eigenvalue weighted by molar-refractivity contribution is 0.0789. The molecule has 4 rings (SSSR count). The van der Waals surface area contributed by atoms with E-state index in [4.69, 9.17) is 12.2 Å². The van der Waals surface area contributed by atoms with E-state index < -0.39 is 0 Å². The van der Waals surface area contributed by atoms with Crippen LogP contribution in [-0.4, -0.2) is 34.3 Å². The van der Waals surface area contributed by atoms with Crippen molar-refractivity contribution in [3.8, 4) is 27.3 Å². The van der Waals surface area contributed by atoms with Gasteiger partial charge in [-0.1, -0.05) is 69.3 Å². The first-order chi connectivity index (χ1) is 13.1. The van der Waals surface area contributed by atoms with Crippen LogP contribution in [0.15, 0.2) is 48.5 Å². The third-order valence-electron chi connectivity index (χ3n) is 4.99. The lowest BCUT2D eigenvalue weighted by Gasteiger charge is -2.29. The van der Waals surface area contributed by atoms with E-state index in [9.17, 15) is 10.2 Å². The molecule has 0 saturated carbocycles. The van der Waals surface area contributed by atoms with Crippen LogP contribution < -0.4 is 0 Å². The maximum absolute atomic E-state index is 10.4. The molecule has 3 aromatic rings. The number of likely N-dealkylation sites (tertiary alicyclic amines) is 1. The third kappa shape index (κ3) is 4.15. The highest BCUT2D eigenvalue weighted by Crippen LogP contribution is 2.42. The summed E-state index contributed by atoms with van der Waals surface area (Å²) in [6, 6.07) is 16.1. The monoisotopic (exact) mass is 415 g/mol. The third-order valence-corrected chi connectivity index (χ3v) is 8.05. The number of benzene rings is 2. The van der Waals surface area contributed by atoms with Crippen LogP contribution in [-0.2, 0) is 6.54 Å². The summed E-state index contributed by atoms with van der Waals surface area (Å²) in [5, 5.41) is 20.1. The van der Waals surface area contributed by atoms with E-state index in [2.05, 4.69) is 23.1 Å². The van der Waals surface area contributed by atoms with Gasteiger partial charge < -0.3 is 10.2 Å². The average molecular weight is 416 g/mol. The summed E-state index contributed by atoms with van der Waals surface area (Å²) in [5.41, 5.74) is 4.22. The highest BCUT2D eigenvalue weighted by molar-refractivity contribution is 7.80. The van der Waals surface area contributed by atoms with Gasteiger partial charge in [-0.2, -0.15) is 0 Å². The molecule has 2 heterocycles. The second kappa shape index (κ2) is 8.20. The van der Waals surface area contributed by atoms with E-state index in [0.29, 0.717) is 12.3 Å². The van der Waals surface area contributed by atoms with Crippen LogP contribution in [0.4, 0.5) is 0 Å². The number of piperidine rings is 1. The van der Waals surface area contributed by atoms with Gasteiger partial charge in [-0.05, 0) is 36.1 Å². The zero-order valence-corrected chi connectivity index (χ0v) is 17.2. The fourth-order valence-electron chi connectivity index (χ4n) is 3.47. The van der Waals surface area contributed by atoms with Gasteiger partial charge in [-0.3, -0.25) is 4.90 Å². The molecule has 140 valence electrons. The summed E-state index contributed by atoms with van der Waals surface area (Å²) in [6.45, 7) is 2.40. The molecule has 1 fully saturated rings. The molecule has 3 nitrogen and oxygen atoms in total. The minimum absolute atomic E-state index is 0.190. The van der Waals surface area contributed by atoms with Crippen molar-refractivity contribution in [1.82, 2.24) is 4.90 Å². The van der Waals surface area contributed by atoms with E-state index in [1.807, 2.05) is 24.3 Å². The summed E-state index contributed by atoms with van der Waals surface area (Å²) in [4.78, 5) is 3.47. The molecule has 0 spiro atoms. The van der Waals surface area contributed by atoms with Gasteiger partial charge in [-0.25, -0.2) is 0 Å². The molecule has 27 heavy (non-hydrogen) atoms. The Morgan fingerprint density at radius 3 is 2.48 bits per heavy atom. The second-order valence-corrected chi connectivity index (χ2v) is 9.69. The Bertz CT molecular complexity index is 973. The number of hydrogen-bond donors (Lipinski definition) is 2. The molecule has 0 atom stereocenters. The van der Waals surface area contributed by atoms with Crippen LogP contribution in [0, 0.1) is 3.82 Å². The number of phenols is 1. The fraction of sp³-hybridized carbons (Fsp3) is 0.286. The number of aliphatic hydroxyl groups excluding tert-OH is 1. The summed E-state index contributed by atoms with van der Waals surface area (Å²) >= 11 is 5.63. The van der Waals surface area contributed by atoms with Gasteiger partial charge in [-0.15, -0.1) is 0 Å². The zero-order valence-electron chi connectivity index (χ0n) is 14.8. The SMILES string of the molecule is Oc1ccc(-c2c(-c3ccccc3)ssc2=S)cc1CN1CCC(O)CC1. The first kappa shape index (κ1) is 18.8. The molecule has 0 aliphatic carbocycles. The number of aliphatic hydroxyl groups is 1. The maximum Gasteiger partial charge on any atom is 0.120 e. The van der Waals surface area contributed by atoms with Crippen molar-refractivity contribution < 1.29 is 10.2 Å². The van der Waals surface area contributed by atoms with Crippen molar-refractivity contribution in [2.24, 2.45) is 0 Å². The lowest BCUT2D eigenvalue weighted by atomic mass is 10.0. The van der Waals surface area contributed by atoms with Crippen LogP contribution in [0.3, 0.4) is 0 Å². The minimum Gasteiger partial charge on any atom is -0.508 e. The van der Waals surface area contributed by atoms with E-state index in [-0.39, 0.29) is 6.10 Å². The number of aromatic hydroxyl groups is 1. The van der Waals surface area contributed by atoms with E-state index in [1.54, 1.807) is 26.7 Å². The molecular weight excluding hydrogens is 394 g/mol. The van der Waals surface area contributed by atoms with Gasteiger partial charge in [0.1, 0.15) is 9.57 Å². The van der Waals surface area contributed by atoms with Crippen molar-refractivity contribution >= 4 is 32.9 Å². The number of rotatable bonds is 4. The number of nitrogens with zero attached hydrogens (tertiary/aromatic N) is 1. The number of phenolic OH excluding ortho intramolecular Hbond substituents is 1. The van der Waals surface area contributed by atoms with Gasteiger partial charge in [0.05, 0.1) is 11.0 Å². The fourth-order valence-corrected chi connectivity index (χ4v) is 6.39. The molecule has 0 amide bonds. The first-order valence-electron chi connectivity index (χ1n) is 9.03. The van der Waals surface area contributed by atoms with Crippen LogP contribution in [0.2, 0.25) is 0 Å². The molecule has 2 N–H and O–H groups in total. The Hall–Kier alpha value is -1.57. The van der Waals surface area contributed by atoms with Crippen molar-refractivity contribution in [3.63, 3.8) is 0 Å². The van der Waals surface area contributed by atoms with Crippen LogP contribution in [0.25, 0.3) is 21.6 Å². The smallest absolute Gasteiger partial charge is 0.120 e. The normalized spacial score (nSPS) is 15.9. The summed E-state index contributed by atoms with van der Waals surface area (Å²) < 4.78 is 0.886. The lowest BCUT2D eigenvalue weighted by Crippen LogP contribution is -2.35. The predicted octanol–water partition coefficient (Wildman–Crippen LogP) is 5.54. The Labute approximate surface area is 171 Å². The molecule has 0 radical (unpaired) electrons. The van der Waals surface area contributed by atoms with Gasteiger partial charge >= 0.3 is 0 Å². The Morgan fingerprint density at radius 2 is 1.74 bits per heavy atom. The van der Waals surface area contributed by atoms with Crippen LogP contribution >= 0.6 is 32.9 Å². The van der Waals surface area contributed by atoms with Crippen molar-refractivity contribution in [3.05, 3.63) is 57.9 Å². The summed E-state index contributed by atoms with van der Waals surface area (Å²) in [7, 11) is 3.33. The van der Waals surface area contributed by atoms with E-state index in [0.717, 1.165) is 46.4 Å². The molecule has 1 saturated heterocycles. The molecule has 1 aliphatic rings. The molecule has 2 aromatic carbocycles. The molecule has 1 aliphatic heterocycles. The second-order valence-electron chi connectivity index (χ2n) is 6.88. The molecule has 0 unspecified atom stereocenters. The van der Waals surface area contributed by atoms with Gasteiger partial charge in [0.25, 0.3) is 0 Å². The summed E-state index contributed by atoms with van der Waals surface area (Å²) in [6.07, 6.45) is 1.40. The van der Waals surface area contributed by atoms with Crippen LogP contribution in [0.5, 0.6) is 5.75 Å². The van der Waals surface area contributed by atoms with Gasteiger partial charge in [0, 0.05) is 30.8 Å². The molecule has 0 bridgehead atoms. The largest absolute Gasteiger partial charge is 0.508 e. The highest BCUT2D eigenvalue weighted by Gasteiger charge is 2.19. The number of hydrogen-bond acceptors (Lipinski definition) is 6. The average Bonchev–Trinajstić information content (AvgIpc) is 3.07. The highest BCUT2D eigenvalue weighted by atomic mass is 32.9. The van der Waals surface area contributed by atoms with E-state index >= 15 is 0 Å². The van der Waals surface area contributed by atoms with Gasteiger partial charge in [0.2, 0.25) is 0 Å². The van der Waals surface area contributed by atoms with Crippen molar-refractivity contribution in [1.29, 1.82) is 0 Å². The minimum atomic E-state index is -0.190.